The average Bonchev–Trinajstić information content (AvgIpc) is 2.30. The van der Waals surface area contributed by atoms with Gasteiger partial charge in [-0.05, 0) is 17.1 Å². The van der Waals surface area contributed by atoms with E-state index in [1.165, 1.54) is 6.07 Å². The van der Waals surface area contributed by atoms with Gasteiger partial charge in [0.25, 0.3) is 0 Å². The van der Waals surface area contributed by atoms with Gasteiger partial charge >= 0.3 is 7.12 Å². The van der Waals surface area contributed by atoms with Crippen LogP contribution in [0.2, 0.25) is 0 Å². The van der Waals surface area contributed by atoms with Crippen LogP contribution in [0.4, 0.5) is 4.39 Å². The van der Waals surface area contributed by atoms with Gasteiger partial charge in [0.15, 0.2) is 0 Å². The summed E-state index contributed by atoms with van der Waals surface area (Å²) in [5.74, 6) is -0.461. The first-order chi connectivity index (χ1) is 7.68. The fourth-order valence-electron chi connectivity index (χ4n) is 1.54. The van der Waals surface area contributed by atoms with Gasteiger partial charge in [-0.15, -0.1) is 0 Å². The molecule has 0 unspecified atom stereocenters. The molecule has 0 bridgehead atoms. The van der Waals surface area contributed by atoms with E-state index >= 15 is 0 Å². The molecule has 0 saturated carbocycles. The second-order valence-electron chi connectivity index (χ2n) is 3.48. The van der Waals surface area contributed by atoms with Gasteiger partial charge in [-0.1, -0.05) is 42.5 Å². The third kappa shape index (κ3) is 2.13. The van der Waals surface area contributed by atoms with Crippen LogP contribution in [0.1, 0.15) is 0 Å². The molecule has 0 aromatic heterocycles. The molecule has 2 rings (SSSR count). The molecule has 16 heavy (non-hydrogen) atoms. The van der Waals surface area contributed by atoms with Crippen molar-refractivity contribution in [2.24, 2.45) is 0 Å². The van der Waals surface area contributed by atoms with Crippen molar-refractivity contribution in [3.05, 3.63) is 54.3 Å². The normalized spacial score (nSPS) is 10.2. The van der Waals surface area contributed by atoms with Crippen LogP contribution in [0.15, 0.2) is 48.5 Å². The molecule has 0 amide bonds. The van der Waals surface area contributed by atoms with Gasteiger partial charge in [0, 0.05) is 5.56 Å². The quantitative estimate of drug-likeness (QED) is 0.739. The Bertz CT molecular complexity index is 486. The topological polar surface area (TPSA) is 40.5 Å². The summed E-state index contributed by atoms with van der Waals surface area (Å²) < 4.78 is 13.7. The third-order valence-corrected chi connectivity index (χ3v) is 2.38. The minimum Gasteiger partial charge on any atom is -0.423 e. The lowest BCUT2D eigenvalue weighted by molar-refractivity contribution is 0.425. The Morgan fingerprint density at radius 3 is 2.19 bits per heavy atom. The Morgan fingerprint density at radius 2 is 1.62 bits per heavy atom. The molecule has 2 aromatic carbocycles. The lowest BCUT2D eigenvalue weighted by Crippen LogP contribution is -2.29. The molecule has 0 spiro atoms. The van der Waals surface area contributed by atoms with E-state index in [1.807, 2.05) is 18.2 Å². The van der Waals surface area contributed by atoms with E-state index in [0.29, 0.717) is 5.56 Å². The SMILES string of the molecule is OB(O)c1ccc(-c2ccccc2)c(F)c1. The molecule has 2 nitrogen and oxygen atoms in total. The number of benzene rings is 2. The maximum atomic E-state index is 13.7. The molecule has 0 aliphatic carbocycles. The van der Waals surface area contributed by atoms with Crippen LogP contribution < -0.4 is 5.46 Å². The second-order valence-corrected chi connectivity index (χ2v) is 3.48. The molecule has 0 radical (unpaired) electrons. The molecule has 0 heterocycles. The van der Waals surface area contributed by atoms with Crippen LogP contribution in [-0.2, 0) is 0 Å². The lowest BCUT2D eigenvalue weighted by atomic mass is 9.79. The molecule has 2 N–H and O–H groups in total. The summed E-state index contributed by atoms with van der Waals surface area (Å²) in [6.07, 6.45) is 0. The highest BCUT2D eigenvalue weighted by Gasteiger charge is 2.13. The summed E-state index contributed by atoms with van der Waals surface area (Å²) in [4.78, 5) is 0. The van der Waals surface area contributed by atoms with Gasteiger partial charge in [-0.2, -0.15) is 0 Å². The first-order valence-corrected chi connectivity index (χ1v) is 4.89. The zero-order chi connectivity index (χ0) is 11.5. The number of hydrogen-bond donors (Lipinski definition) is 2. The number of hydrogen-bond acceptors (Lipinski definition) is 2. The van der Waals surface area contributed by atoms with Gasteiger partial charge in [0.2, 0.25) is 0 Å². The maximum absolute atomic E-state index is 13.7. The Morgan fingerprint density at radius 1 is 0.938 bits per heavy atom. The van der Waals surface area contributed by atoms with Crippen molar-refractivity contribution in [1.82, 2.24) is 0 Å². The van der Waals surface area contributed by atoms with Crippen molar-refractivity contribution in [3.8, 4) is 11.1 Å². The number of halogens is 1. The lowest BCUT2D eigenvalue weighted by Gasteiger charge is -2.05. The van der Waals surface area contributed by atoms with Crippen molar-refractivity contribution >= 4 is 12.6 Å². The molecule has 0 saturated heterocycles. The summed E-state index contributed by atoms with van der Waals surface area (Å²) in [5.41, 5.74) is 1.36. The van der Waals surface area contributed by atoms with Crippen molar-refractivity contribution in [3.63, 3.8) is 0 Å². The fraction of sp³-hybridized carbons (Fsp3) is 0. The van der Waals surface area contributed by atoms with Crippen molar-refractivity contribution in [2.75, 3.05) is 0 Å². The van der Waals surface area contributed by atoms with Crippen LogP contribution in [0.25, 0.3) is 11.1 Å². The van der Waals surface area contributed by atoms with Crippen molar-refractivity contribution < 1.29 is 14.4 Å². The van der Waals surface area contributed by atoms with E-state index in [2.05, 4.69) is 0 Å². The predicted octanol–water partition coefficient (Wildman–Crippen LogP) is 1.17. The van der Waals surface area contributed by atoms with Crippen molar-refractivity contribution in [1.29, 1.82) is 0 Å². The fourth-order valence-corrected chi connectivity index (χ4v) is 1.54. The standard InChI is InChI=1S/C12H10BFO2/c14-12-8-10(13(15)16)6-7-11(12)9-4-2-1-3-5-9/h1-8,15-16H. The summed E-state index contributed by atoms with van der Waals surface area (Å²) in [6.45, 7) is 0. The van der Waals surface area contributed by atoms with E-state index in [9.17, 15) is 4.39 Å². The molecule has 4 heteroatoms. The van der Waals surface area contributed by atoms with Gasteiger partial charge in [0.05, 0.1) is 0 Å². The van der Waals surface area contributed by atoms with Gasteiger partial charge in [0.1, 0.15) is 5.82 Å². The smallest absolute Gasteiger partial charge is 0.423 e. The highest BCUT2D eigenvalue weighted by molar-refractivity contribution is 6.58. The molecular formula is C12H10BFO2. The van der Waals surface area contributed by atoms with Crippen LogP contribution >= 0.6 is 0 Å². The van der Waals surface area contributed by atoms with Crippen LogP contribution in [0.5, 0.6) is 0 Å². The average molecular weight is 216 g/mol. The Kier molecular flexibility index (Phi) is 3.03. The van der Waals surface area contributed by atoms with Crippen LogP contribution in [0.3, 0.4) is 0 Å². The minimum absolute atomic E-state index is 0.150. The molecular weight excluding hydrogens is 206 g/mol. The van der Waals surface area contributed by atoms with Gasteiger partial charge in [-0.3, -0.25) is 0 Å². The third-order valence-electron chi connectivity index (χ3n) is 2.38. The predicted molar refractivity (Wildman–Crippen MR) is 61.7 cm³/mol. The van der Waals surface area contributed by atoms with E-state index in [4.69, 9.17) is 10.0 Å². The van der Waals surface area contributed by atoms with Crippen LogP contribution in [0, 0.1) is 5.82 Å². The summed E-state index contributed by atoms with van der Waals surface area (Å²) in [7, 11) is -1.64. The van der Waals surface area contributed by atoms with E-state index in [1.54, 1.807) is 18.2 Å². The maximum Gasteiger partial charge on any atom is 0.488 e. The highest BCUT2D eigenvalue weighted by atomic mass is 19.1. The Labute approximate surface area is 93.1 Å². The summed E-state index contributed by atoms with van der Waals surface area (Å²) in [6, 6.07) is 13.3. The minimum atomic E-state index is -1.64. The van der Waals surface area contributed by atoms with E-state index in [-0.39, 0.29) is 5.46 Å². The molecule has 80 valence electrons. The first kappa shape index (κ1) is 10.9. The molecule has 0 aliphatic heterocycles. The highest BCUT2D eigenvalue weighted by Crippen LogP contribution is 2.21. The summed E-state index contributed by atoms with van der Waals surface area (Å²) in [5, 5.41) is 17.8. The van der Waals surface area contributed by atoms with Crippen molar-refractivity contribution in [2.45, 2.75) is 0 Å². The molecule has 2 aromatic rings. The van der Waals surface area contributed by atoms with Gasteiger partial charge < -0.3 is 10.0 Å². The monoisotopic (exact) mass is 216 g/mol. The zero-order valence-electron chi connectivity index (χ0n) is 8.47. The Balaban J connectivity index is 2.45. The Hall–Kier alpha value is -1.65. The molecule has 0 atom stereocenters. The first-order valence-electron chi connectivity index (χ1n) is 4.89. The largest absolute Gasteiger partial charge is 0.488 e. The summed E-state index contributed by atoms with van der Waals surface area (Å²) >= 11 is 0. The number of rotatable bonds is 2. The van der Waals surface area contributed by atoms with Crippen LogP contribution in [-0.4, -0.2) is 17.2 Å². The van der Waals surface area contributed by atoms with E-state index < -0.39 is 12.9 Å². The van der Waals surface area contributed by atoms with Gasteiger partial charge in [-0.25, -0.2) is 4.39 Å². The molecule has 0 fully saturated rings. The second kappa shape index (κ2) is 4.47. The van der Waals surface area contributed by atoms with E-state index in [0.717, 1.165) is 11.6 Å². The zero-order valence-corrected chi connectivity index (χ0v) is 8.47. The molecule has 0 aliphatic rings.